The molecule has 1 aromatic rings. The molecule has 1 aliphatic carbocycles. The number of likely N-dealkylation sites (N-methyl/N-ethyl adjacent to an activating group) is 1. The van der Waals surface area contributed by atoms with Crippen LogP contribution in [-0.2, 0) is 11.2 Å². The third-order valence-electron chi connectivity index (χ3n) is 4.83. The van der Waals surface area contributed by atoms with Crippen LogP contribution in [0.25, 0.3) is 0 Å². The van der Waals surface area contributed by atoms with Gasteiger partial charge in [0.25, 0.3) is 0 Å². The van der Waals surface area contributed by atoms with Gasteiger partial charge in [0, 0.05) is 18.0 Å². The Morgan fingerprint density at radius 3 is 2.47 bits per heavy atom. The van der Waals surface area contributed by atoms with E-state index in [1.54, 1.807) is 0 Å². The molecule has 0 spiro atoms. The molecule has 0 aromatic carbocycles. The lowest BCUT2D eigenvalue weighted by Gasteiger charge is -2.47. The largest absolute Gasteiger partial charge is 0.377 e. The van der Waals surface area contributed by atoms with Gasteiger partial charge in [-0.05, 0) is 56.0 Å². The Kier molecular flexibility index (Phi) is 4.70. The quantitative estimate of drug-likeness (QED) is 0.885. The molecule has 0 amide bonds. The highest BCUT2D eigenvalue weighted by Gasteiger charge is 2.43. The number of rotatable bonds is 5. The molecule has 1 fully saturated rings. The van der Waals surface area contributed by atoms with E-state index in [1.807, 2.05) is 18.4 Å². The minimum atomic E-state index is 0.00819. The topological polar surface area (TPSA) is 21.3 Å². The molecule has 1 N–H and O–H groups in total. The number of thiophene rings is 1. The maximum Gasteiger partial charge on any atom is 0.0834 e. The first kappa shape index (κ1) is 15.0. The van der Waals surface area contributed by atoms with Gasteiger partial charge in [0.05, 0.1) is 5.60 Å². The fourth-order valence-electron chi connectivity index (χ4n) is 3.23. The highest BCUT2D eigenvalue weighted by Crippen LogP contribution is 2.44. The zero-order valence-corrected chi connectivity index (χ0v) is 13.5. The summed E-state index contributed by atoms with van der Waals surface area (Å²) in [5, 5.41) is 5.67. The average Bonchev–Trinajstić information content (AvgIpc) is 2.90. The summed E-state index contributed by atoms with van der Waals surface area (Å²) in [6.07, 6.45) is 5.90. The lowest BCUT2D eigenvalue weighted by atomic mass is 9.68. The minimum Gasteiger partial charge on any atom is -0.377 e. The first-order valence-corrected chi connectivity index (χ1v) is 8.14. The van der Waals surface area contributed by atoms with Crippen LogP contribution in [0.15, 0.2) is 17.5 Å². The smallest absolute Gasteiger partial charge is 0.0834 e. The maximum absolute atomic E-state index is 6.02. The van der Waals surface area contributed by atoms with Crippen LogP contribution in [0.3, 0.4) is 0 Å². The van der Waals surface area contributed by atoms with Crippen molar-refractivity contribution in [3.63, 3.8) is 0 Å². The van der Waals surface area contributed by atoms with Crippen molar-refractivity contribution in [2.45, 2.75) is 57.6 Å². The van der Waals surface area contributed by atoms with Crippen molar-refractivity contribution in [3.8, 4) is 0 Å². The molecule has 19 heavy (non-hydrogen) atoms. The molecule has 0 saturated heterocycles. The van der Waals surface area contributed by atoms with E-state index in [0.29, 0.717) is 11.5 Å². The van der Waals surface area contributed by atoms with Crippen molar-refractivity contribution < 1.29 is 4.74 Å². The molecule has 1 unspecified atom stereocenters. The molecule has 1 saturated carbocycles. The van der Waals surface area contributed by atoms with E-state index in [-0.39, 0.29) is 5.60 Å². The Balaban J connectivity index is 2.10. The van der Waals surface area contributed by atoms with E-state index in [4.69, 9.17) is 4.74 Å². The second kappa shape index (κ2) is 5.94. The average molecular weight is 281 g/mol. The number of hydrogen-bond donors (Lipinski definition) is 1. The van der Waals surface area contributed by atoms with Crippen LogP contribution in [-0.4, -0.2) is 25.8 Å². The van der Waals surface area contributed by atoms with Gasteiger partial charge in [0.1, 0.15) is 0 Å². The minimum absolute atomic E-state index is 0.00819. The van der Waals surface area contributed by atoms with Crippen LogP contribution in [0.1, 0.15) is 44.4 Å². The molecule has 1 aliphatic rings. The third kappa shape index (κ3) is 3.39. The van der Waals surface area contributed by atoms with Crippen LogP contribution in [0.4, 0.5) is 0 Å². The second-order valence-electron chi connectivity index (χ2n) is 6.56. The molecule has 108 valence electrons. The third-order valence-corrected chi connectivity index (χ3v) is 5.72. The summed E-state index contributed by atoms with van der Waals surface area (Å²) in [5.41, 5.74) is 0.484. The van der Waals surface area contributed by atoms with Gasteiger partial charge >= 0.3 is 0 Å². The molecule has 1 heterocycles. The van der Waals surface area contributed by atoms with Crippen molar-refractivity contribution in [2.75, 3.05) is 14.2 Å². The molecule has 2 rings (SSSR count). The van der Waals surface area contributed by atoms with E-state index < -0.39 is 0 Å². The van der Waals surface area contributed by atoms with Crippen molar-refractivity contribution >= 4 is 11.3 Å². The molecule has 0 bridgehead atoms. The number of methoxy groups -OCH3 is 1. The number of ether oxygens (including phenoxy) is 1. The molecule has 3 heteroatoms. The molecular formula is C16H27NOS. The first-order valence-electron chi connectivity index (χ1n) is 7.26. The molecular weight excluding hydrogens is 254 g/mol. The van der Waals surface area contributed by atoms with Crippen LogP contribution in [0, 0.1) is 5.41 Å². The molecule has 1 atom stereocenters. The SMILES string of the molecule is CNC(Cc1cccs1)C1(OC)CCC(C)(C)CC1. The molecule has 2 nitrogen and oxygen atoms in total. The van der Waals surface area contributed by atoms with Crippen molar-refractivity contribution in [1.29, 1.82) is 0 Å². The van der Waals surface area contributed by atoms with Crippen molar-refractivity contribution in [1.82, 2.24) is 5.32 Å². The van der Waals surface area contributed by atoms with E-state index in [9.17, 15) is 0 Å². The summed E-state index contributed by atoms with van der Waals surface area (Å²) in [6, 6.07) is 4.77. The zero-order chi connectivity index (χ0) is 13.9. The summed E-state index contributed by atoms with van der Waals surface area (Å²) >= 11 is 1.84. The Hall–Kier alpha value is -0.380. The van der Waals surface area contributed by atoms with Crippen molar-refractivity contribution in [2.24, 2.45) is 5.41 Å². The van der Waals surface area contributed by atoms with Gasteiger partial charge in [-0.3, -0.25) is 0 Å². The van der Waals surface area contributed by atoms with Gasteiger partial charge in [-0.1, -0.05) is 19.9 Å². The Bertz CT molecular complexity index is 375. The summed E-state index contributed by atoms with van der Waals surface area (Å²) in [5.74, 6) is 0. The van der Waals surface area contributed by atoms with E-state index >= 15 is 0 Å². The molecule has 0 radical (unpaired) electrons. The highest BCUT2D eigenvalue weighted by atomic mass is 32.1. The van der Waals surface area contributed by atoms with Gasteiger partial charge < -0.3 is 10.1 Å². The lowest BCUT2D eigenvalue weighted by Crippen LogP contribution is -2.54. The van der Waals surface area contributed by atoms with E-state index in [1.165, 1.54) is 17.7 Å². The molecule has 1 aromatic heterocycles. The standard InChI is InChI=1S/C16H27NOS/c1-15(2)7-9-16(18-4,10-8-15)14(17-3)12-13-6-5-11-19-13/h5-6,11,14,17H,7-10,12H2,1-4H3. The lowest BCUT2D eigenvalue weighted by molar-refractivity contribution is -0.0846. The van der Waals surface area contributed by atoms with E-state index in [2.05, 4.69) is 43.7 Å². The highest BCUT2D eigenvalue weighted by molar-refractivity contribution is 7.09. The number of hydrogen-bond acceptors (Lipinski definition) is 3. The van der Waals surface area contributed by atoms with Crippen LogP contribution in [0.5, 0.6) is 0 Å². The maximum atomic E-state index is 6.02. The first-order chi connectivity index (χ1) is 9.01. The predicted molar refractivity (Wildman–Crippen MR) is 82.9 cm³/mol. The van der Waals surface area contributed by atoms with E-state index in [0.717, 1.165) is 19.3 Å². The van der Waals surface area contributed by atoms with Gasteiger partial charge in [-0.2, -0.15) is 0 Å². The van der Waals surface area contributed by atoms with Gasteiger partial charge in [-0.25, -0.2) is 0 Å². The summed E-state index contributed by atoms with van der Waals surface area (Å²) < 4.78 is 6.02. The monoisotopic (exact) mass is 281 g/mol. The Labute approximate surface area is 121 Å². The molecule has 0 aliphatic heterocycles. The van der Waals surface area contributed by atoms with Gasteiger partial charge in [0.2, 0.25) is 0 Å². The fraction of sp³-hybridized carbons (Fsp3) is 0.750. The van der Waals surface area contributed by atoms with Crippen LogP contribution in [0.2, 0.25) is 0 Å². The summed E-state index contributed by atoms with van der Waals surface area (Å²) in [4.78, 5) is 1.45. The number of nitrogens with one attached hydrogen (secondary N) is 1. The summed E-state index contributed by atoms with van der Waals surface area (Å²) in [7, 11) is 3.95. The van der Waals surface area contributed by atoms with Gasteiger partial charge in [0.15, 0.2) is 0 Å². The normalized spacial score (nSPS) is 23.2. The predicted octanol–water partition coefficient (Wildman–Crippen LogP) is 3.86. The van der Waals surface area contributed by atoms with Gasteiger partial charge in [-0.15, -0.1) is 11.3 Å². The summed E-state index contributed by atoms with van der Waals surface area (Å²) in [6.45, 7) is 4.75. The second-order valence-corrected chi connectivity index (χ2v) is 7.59. The Morgan fingerprint density at radius 2 is 2.00 bits per heavy atom. The van der Waals surface area contributed by atoms with Crippen LogP contribution >= 0.6 is 11.3 Å². The van der Waals surface area contributed by atoms with Crippen LogP contribution < -0.4 is 5.32 Å². The zero-order valence-electron chi connectivity index (χ0n) is 12.7. The van der Waals surface area contributed by atoms with Crippen molar-refractivity contribution in [3.05, 3.63) is 22.4 Å². The fourth-order valence-corrected chi connectivity index (χ4v) is 3.98. The Morgan fingerprint density at radius 1 is 1.32 bits per heavy atom.